The molecular formula is C25H20ClF3N2O. The molecule has 2 N–H and O–H groups in total. The molecule has 0 aliphatic carbocycles. The monoisotopic (exact) mass is 456 g/mol. The Morgan fingerprint density at radius 3 is 2.31 bits per heavy atom. The van der Waals surface area contributed by atoms with E-state index in [0.29, 0.717) is 21.8 Å². The molecule has 0 aliphatic heterocycles. The number of anilines is 1. The van der Waals surface area contributed by atoms with E-state index in [9.17, 15) is 18.3 Å². The fraction of sp³-hybridized carbons (Fsp3) is 0.160. The van der Waals surface area contributed by atoms with Crippen LogP contribution in [-0.2, 0) is 12.1 Å². The van der Waals surface area contributed by atoms with Gasteiger partial charge in [-0.3, -0.25) is 4.98 Å². The first kappa shape index (κ1) is 22.1. The second kappa shape index (κ2) is 9.18. The Morgan fingerprint density at radius 1 is 0.938 bits per heavy atom. The number of nitrogens with zero attached hydrogens (tertiary/aromatic N) is 1. The van der Waals surface area contributed by atoms with Crippen LogP contribution in [0.25, 0.3) is 22.0 Å². The molecule has 0 spiro atoms. The Morgan fingerprint density at radius 2 is 1.62 bits per heavy atom. The molecule has 0 atom stereocenters. The molecule has 0 unspecified atom stereocenters. The summed E-state index contributed by atoms with van der Waals surface area (Å²) in [4.78, 5) is 4.35. The van der Waals surface area contributed by atoms with Crippen LogP contribution in [0.15, 0.2) is 72.9 Å². The van der Waals surface area contributed by atoms with Crippen LogP contribution in [0.5, 0.6) is 0 Å². The molecular weight excluding hydrogens is 437 g/mol. The summed E-state index contributed by atoms with van der Waals surface area (Å²) in [5, 5.41) is 14.4. The van der Waals surface area contributed by atoms with Gasteiger partial charge in [0.25, 0.3) is 0 Å². The smallest absolute Gasteiger partial charge is 0.146 e. The van der Waals surface area contributed by atoms with Crippen LogP contribution in [0.4, 0.5) is 18.9 Å². The van der Waals surface area contributed by atoms with Crippen LogP contribution in [0, 0.1) is 5.82 Å². The van der Waals surface area contributed by atoms with Crippen molar-refractivity contribution in [3.05, 3.63) is 94.9 Å². The number of halogens is 4. The highest BCUT2D eigenvalue weighted by Gasteiger charge is 2.29. The molecule has 4 aromatic rings. The summed E-state index contributed by atoms with van der Waals surface area (Å²) in [5.41, 5.74) is 1.49. The molecule has 3 nitrogen and oxygen atoms in total. The number of rotatable bonds is 7. The highest BCUT2D eigenvalue weighted by molar-refractivity contribution is 6.34. The molecule has 0 fully saturated rings. The van der Waals surface area contributed by atoms with E-state index in [1.165, 1.54) is 24.4 Å². The number of pyridine rings is 1. The fourth-order valence-corrected chi connectivity index (χ4v) is 3.73. The summed E-state index contributed by atoms with van der Waals surface area (Å²) in [6, 6.07) is 18.5. The second-order valence-corrected chi connectivity index (χ2v) is 7.94. The Labute approximate surface area is 188 Å². The van der Waals surface area contributed by atoms with Gasteiger partial charge in [0.1, 0.15) is 24.8 Å². The Balaban J connectivity index is 1.69. The molecule has 0 radical (unpaired) electrons. The van der Waals surface area contributed by atoms with E-state index in [1.807, 2.05) is 18.2 Å². The van der Waals surface area contributed by atoms with Crippen molar-refractivity contribution in [3.63, 3.8) is 0 Å². The van der Waals surface area contributed by atoms with Gasteiger partial charge in [-0.05, 0) is 34.9 Å². The molecule has 7 heteroatoms. The van der Waals surface area contributed by atoms with Gasteiger partial charge in [-0.15, -0.1) is 0 Å². The van der Waals surface area contributed by atoms with Crippen molar-refractivity contribution >= 4 is 28.2 Å². The van der Waals surface area contributed by atoms with E-state index in [4.69, 9.17) is 11.6 Å². The molecule has 1 heterocycles. The zero-order chi connectivity index (χ0) is 22.7. The number of nitrogens with one attached hydrogen (secondary N) is 1. The first-order chi connectivity index (χ1) is 15.4. The molecule has 32 heavy (non-hydrogen) atoms. The molecule has 0 bridgehead atoms. The third-order valence-electron chi connectivity index (χ3n) is 5.43. The third-order valence-corrected chi connectivity index (χ3v) is 5.72. The van der Waals surface area contributed by atoms with Crippen LogP contribution >= 0.6 is 11.6 Å². The summed E-state index contributed by atoms with van der Waals surface area (Å²) in [7, 11) is 0. The van der Waals surface area contributed by atoms with E-state index in [0.717, 1.165) is 16.5 Å². The van der Waals surface area contributed by atoms with Gasteiger partial charge in [0, 0.05) is 23.7 Å². The SMILES string of the molecule is OC(CF)(CF)c1ccc(-c2ccc3ncc(Cl)c(NCc4ccccc4F)c3c2)cc1. The average molecular weight is 457 g/mol. The molecule has 1 aromatic heterocycles. The van der Waals surface area contributed by atoms with Crippen LogP contribution in [-0.4, -0.2) is 23.4 Å². The first-order valence-corrected chi connectivity index (χ1v) is 10.3. The van der Waals surface area contributed by atoms with Gasteiger partial charge in [-0.1, -0.05) is 60.1 Å². The minimum Gasteiger partial charge on any atom is -0.380 e. The van der Waals surface area contributed by atoms with Crippen molar-refractivity contribution in [1.29, 1.82) is 0 Å². The molecule has 3 aromatic carbocycles. The van der Waals surface area contributed by atoms with Gasteiger partial charge in [-0.2, -0.15) is 0 Å². The van der Waals surface area contributed by atoms with Crippen LogP contribution < -0.4 is 5.32 Å². The van der Waals surface area contributed by atoms with E-state index >= 15 is 0 Å². The molecule has 0 saturated carbocycles. The van der Waals surface area contributed by atoms with Crippen LogP contribution in [0.1, 0.15) is 11.1 Å². The third kappa shape index (κ3) is 4.29. The van der Waals surface area contributed by atoms with Crippen molar-refractivity contribution in [3.8, 4) is 11.1 Å². The van der Waals surface area contributed by atoms with Crippen LogP contribution in [0.2, 0.25) is 5.02 Å². The number of alkyl halides is 2. The van der Waals surface area contributed by atoms with Crippen molar-refractivity contribution in [2.75, 3.05) is 18.7 Å². The topological polar surface area (TPSA) is 45.2 Å². The van der Waals surface area contributed by atoms with E-state index in [1.54, 1.807) is 30.3 Å². The Bertz CT molecular complexity index is 1240. The lowest BCUT2D eigenvalue weighted by atomic mass is 9.94. The first-order valence-electron chi connectivity index (χ1n) is 9.96. The normalized spacial score (nSPS) is 11.7. The molecule has 4 rings (SSSR count). The minimum absolute atomic E-state index is 0.170. The van der Waals surface area contributed by atoms with E-state index in [-0.39, 0.29) is 17.9 Å². The van der Waals surface area contributed by atoms with Gasteiger partial charge in [0.15, 0.2) is 0 Å². The van der Waals surface area contributed by atoms with Crippen molar-refractivity contribution in [2.24, 2.45) is 0 Å². The second-order valence-electron chi connectivity index (χ2n) is 7.53. The zero-order valence-electron chi connectivity index (χ0n) is 17.0. The maximum Gasteiger partial charge on any atom is 0.146 e. The minimum atomic E-state index is -2.14. The Kier molecular flexibility index (Phi) is 6.35. The molecule has 0 amide bonds. The lowest BCUT2D eigenvalue weighted by Crippen LogP contribution is -2.30. The number of aliphatic hydroxyl groups is 1. The lowest BCUT2D eigenvalue weighted by molar-refractivity contribution is -0.0111. The number of benzene rings is 3. The van der Waals surface area contributed by atoms with Gasteiger partial charge in [-0.25, -0.2) is 13.2 Å². The van der Waals surface area contributed by atoms with E-state index in [2.05, 4.69) is 10.3 Å². The summed E-state index contributed by atoms with van der Waals surface area (Å²) in [6.07, 6.45) is 1.54. The zero-order valence-corrected chi connectivity index (χ0v) is 17.7. The Hall–Kier alpha value is -3.09. The standard InChI is InChI=1S/C25H20ClF3N2O/c26-21-13-30-23-10-7-17(16-5-8-19(9-6-16)25(32,14-27)15-28)11-20(23)24(21)31-12-18-3-1-2-4-22(18)29/h1-11,13,32H,12,14-15H2,(H,30,31). The number of hydrogen-bond acceptors (Lipinski definition) is 3. The maximum atomic E-state index is 14.0. The highest BCUT2D eigenvalue weighted by Crippen LogP contribution is 2.34. The molecule has 0 aliphatic rings. The van der Waals surface area contributed by atoms with E-state index < -0.39 is 19.0 Å². The lowest BCUT2D eigenvalue weighted by Gasteiger charge is -2.21. The van der Waals surface area contributed by atoms with Crippen molar-refractivity contribution in [2.45, 2.75) is 12.1 Å². The predicted octanol–water partition coefficient (Wildman–Crippen LogP) is 6.43. The number of hydrogen-bond donors (Lipinski definition) is 2. The summed E-state index contributed by atoms with van der Waals surface area (Å²) in [5.74, 6) is -0.309. The molecule has 164 valence electrons. The fourth-order valence-electron chi connectivity index (χ4n) is 3.52. The summed E-state index contributed by atoms with van der Waals surface area (Å²) in [6.45, 7) is -2.17. The van der Waals surface area contributed by atoms with Gasteiger partial charge in [0.05, 0.1) is 16.2 Å². The molecule has 0 saturated heterocycles. The van der Waals surface area contributed by atoms with Gasteiger partial charge >= 0.3 is 0 Å². The highest BCUT2D eigenvalue weighted by atomic mass is 35.5. The number of aromatic nitrogens is 1. The van der Waals surface area contributed by atoms with Crippen LogP contribution in [0.3, 0.4) is 0 Å². The quantitative estimate of drug-likeness (QED) is 0.336. The summed E-state index contributed by atoms with van der Waals surface area (Å²) < 4.78 is 40.2. The maximum absolute atomic E-state index is 14.0. The van der Waals surface area contributed by atoms with Crippen molar-refractivity contribution in [1.82, 2.24) is 4.98 Å². The van der Waals surface area contributed by atoms with Gasteiger partial charge in [0.2, 0.25) is 0 Å². The van der Waals surface area contributed by atoms with Crippen molar-refractivity contribution < 1.29 is 18.3 Å². The number of fused-ring (bicyclic) bond motifs is 1. The predicted molar refractivity (Wildman–Crippen MR) is 122 cm³/mol. The summed E-state index contributed by atoms with van der Waals surface area (Å²) >= 11 is 6.39. The average Bonchev–Trinajstić information content (AvgIpc) is 2.83. The largest absolute Gasteiger partial charge is 0.380 e. The van der Waals surface area contributed by atoms with Gasteiger partial charge < -0.3 is 10.4 Å².